The molecule has 0 bridgehead atoms. The number of hydrogen-bond donors (Lipinski definition) is 0. The molecule has 2 aromatic carbocycles. The van der Waals surface area contributed by atoms with Crippen molar-refractivity contribution in [1.82, 2.24) is 4.90 Å². The van der Waals surface area contributed by atoms with E-state index in [-0.39, 0.29) is 0 Å². The Morgan fingerprint density at radius 1 is 1.00 bits per heavy atom. The molecule has 0 aromatic heterocycles. The van der Waals surface area contributed by atoms with Gasteiger partial charge in [0.25, 0.3) is 0 Å². The fourth-order valence-electron chi connectivity index (χ4n) is 5.58. The molecule has 4 heteroatoms. The van der Waals surface area contributed by atoms with Crippen molar-refractivity contribution in [3.63, 3.8) is 0 Å². The third-order valence-electron chi connectivity index (χ3n) is 6.68. The molecule has 3 unspecified atom stereocenters. The monoisotopic (exact) mass is 349 g/mol. The van der Waals surface area contributed by atoms with Gasteiger partial charge in [-0.05, 0) is 53.8 Å². The Morgan fingerprint density at radius 2 is 1.92 bits per heavy atom. The van der Waals surface area contributed by atoms with Crippen molar-refractivity contribution in [2.45, 2.75) is 38.3 Å². The van der Waals surface area contributed by atoms with E-state index in [1.807, 2.05) is 0 Å². The van der Waals surface area contributed by atoms with Gasteiger partial charge in [-0.15, -0.1) is 0 Å². The van der Waals surface area contributed by atoms with Crippen LogP contribution in [0.1, 0.15) is 46.7 Å². The second kappa shape index (κ2) is 5.17. The summed E-state index contributed by atoms with van der Waals surface area (Å²) in [6.45, 7) is 4.46. The second-order valence-electron chi connectivity index (χ2n) is 8.19. The lowest BCUT2D eigenvalue weighted by molar-refractivity contribution is 0.137. The number of likely N-dealkylation sites (N-methyl/N-ethyl adjacent to an activating group) is 1. The molecule has 0 saturated heterocycles. The van der Waals surface area contributed by atoms with E-state index in [2.05, 4.69) is 43.1 Å². The predicted molar refractivity (Wildman–Crippen MR) is 98.0 cm³/mol. The third kappa shape index (κ3) is 1.88. The van der Waals surface area contributed by atoms with E-state index >= 15 is 0 Å². The van der Waals surface area contributed by atoms with Crippen molar-refractivity contribution in [3.05, 3.63) is 52.1 Å². The van der Waals surface area contributed by atoms with Gasteiger partial charge >= 0.3 is 0 Å². The molecule has 4 aliphatic rings. The van der Waals surface area contributed by atoms with Crippen LogP contribution in [0, 0.1) is 5.92 Å². The van der Waals surface area contributed by atoms with Gasteiger partial charge in [-0.3, -0.25) is 4.90 Å². The van der Waals surface area contributed by atoms with Gasteiger partial charge in [0.2, 0.25) is 6.79 Å². The van der Waals surface area contributed by atoms with E-state index in [1.165, 1.54) is 27.8 Å². The van der Waals surface area contributed by atoms with Crippen LogP contribution in [0.25, 0.3) is 0 Å². The average molecular weight is 349 g/mol. The van der Waals surface area contributed by atoms with E-state index in [0.717, 1.165) is 43.2 Å². The molecular weight excluding hydrogens is 326 g/mol. The molecular formula is C22H23NO3. The minimum Gasteiger partial charge on any atom is -0.493 e. The van der Waals surface area contributed by atoms with Gasteiger partial charge in [0.15, 0.2) is 11.5 Å². The van der Waals surface area contributed by atoms with E-state index in [4.69, 9.17) is 14.2 Å². The molecule has 2 aromatic rings. The number of ether oxygens (including phenoxy) is 3. The highest BCUT2D eigenvalue weighted by Crippen LogP contribution is 2.55. The highest BCUT2D eigenvalue weighted by Gasteiger charge is 2.44. The molecule has 0 N–H and O–H groups in total. The van der Waals surface area contributed by atoms with Crippen molar-refractivity contribution in [1.29, 1.82) is 0 Å². The van der Waals surface area contributed by atoms with E-state index in [9.17, 15) is 0 Å². The van der Waals surface area contributed by atoms with Crippen molar-refractivity contribution in [2.75, 3.05) is 20.4 Å². The van der Waals surface area contributed by atoms with Gasteiger partial charge in [-0.25, -0.2) is 0 Å². The molecule has 0 amide bonds. The number of rotatable bonds is 0. The maximum Gasteiger partial charge on any atom is 0.231 e. The predicted octanol–water partition coefficient (Wildman–Crippen LogP) is 3.81. The summed E-state index contributed by atoms with van der Waals surface area (Å²) in [5, 5.41) is 0. The van der Waals surface area contributed by atoms with Crippen molar-refractivity contribution in [2.24, 2.45) is 5.92 Å². The van der Waals surface area contributed by atoms with Gasteiger partial charge in [0, 0.05) is 30.5 Å². The summed E-state index contributed by atoms with van der Waals surface area (Å²) in [5.74, 6) is 4.02. The standard InChI is InChI=1S/C22H23NO3/c1-12-7-14-8-13-5-6-24-19(13)9-16(14)21-20(12)15-3-4-18-22(26-11-25-18)17(15)10-23(21)2/h3-4,8-9,12,20-21H,5-7,10-11H2,1-2H3. The quantitative estimate of drug-likeness (QED) is 0.724. The number of fused-ring (bicyclic) bond motifs is 8. The lowest BCUT2D eigenvalue weighted by Gasteiger charge is -2.47. The van der Waals surface area contributed by atoms with Gasteiger partial charge in [0.1, 0.15) is 5.75 Å². The topological polar surface area (TPSA) is 30.9 Å². The van der Waals surface area contributed by atoms with Crippen LogP contribution in [-0.2, 0) is 19.4 Å². The Bertz CT molecular complexity index is 920. The smallest absolute Gasteiger partial charge is 0.231 e. The highest BCUT2D eigenvalue weighted by atomic mass is 16.7. The molecule has 3 heterocycles. The van der Waals surface area contributed by atoms with Crippen LogP contribution in [0.4, 0.5) is 0 Å². The Hall–Kier alpha value is -2.20. The lowest BCUT2D eigenvalue weighted by atomic mass is 9.67. The first-order valence-corrected chi connectivity index (χ1v) is 9.61. The zero-order valence-corrected chi connectivity index (χ0v) is 15.2. The summed E-state index contributed by atoms with van der Waals surface area (Å²) in [4.78, 5) is 2.49. The SMILES string of the molecule is CC1Cc2cc3c(cc2C2C1c1ccc4c(c1CN2C)OCO4)OCC3. The summed E-state index contributed by atoms with van der Waals surface area (Å²) in [6, 6.07) is 9.51. The molecule has 1 aliphatic carbocycles. The van der Waals surface area contributed by atoms with Gasteiger partial charge in [-0.2, -0.15) is 0 Å². The molecule has 134 valence electrons. The molecule has 0 fully saturated rings. The van der Waals surface area contributed by atoms with Crippen LogP contribution < -0.4 is 14.2 Å². The Morgan fingerprint density at radius 3 is 2.85 bits per heavy atom. The minimum atomic E-state index is 0.339. The molecule has 0 spiro atoms. The first-order chi connectivity index (χ1) is 12.7. The molecule has 26 heavy (non-hydrogen) atoms. The van der Waals surface area contributed by atoms with E-state index in [1.54, 1.807) is 0 Å². The van der Waals surface area contributed by atoms with Gasteiger partial charge < -0.3 is 14.2 Å². The molecule has 3 aliphatic heterocycles. The summed E-state index contributed by atoms with van der Waals surface area (Å²) in [5.41, 5.74) is 7.11. The molecule has 4 nitrogen and oxygen atoms in total. The minimum absolute atomic E-state index is 0.339. The molecule has 6 rings (SSSR count). The van der Waals surface area contributed by atoms with Crippen molar-refractivity contribution in [3.8, 4) is 17.2 Å². The van der Waals surface area contributed by atoms with Crippen LogP contribution in [0.2, 0.25) is 0 Å². The molecule has 0 radical (unpaired) electrons. The fourth-order valence-corrected chi connectivity index (χ4v) is 5.58. The highest BCUT2D eigenvalue weighted by molar-refractivity contribution is 5.57. The first-order valence-electron chi connectivity index (χ1n) is 9.61. The molecule has 0 saturated carbocycles. The van der Waals surface area contributed by atoms with Crippen LogP contribution in [0.15, 0.2) is 24.3 Å². The Balaban J connectivity index is 1.53. The van der Waals surface area contributed by atoms with Crippen LogP contribution in [0.3, 0.4) is 0 Å². The first kappa shape index (κ1) is 14.9. The summed E-state index contributed by atoms with van der Waals surface area (Å²) in [6.07, 6.45) is 2.18. The molecule has 3 atom stereocenters. The van der Waals surface area contributed by atoms with Crippen LogP contribution in [0.5, 0.6) is 17.2 Å². The van der Waals surface area contributed by atoms with Crippen molar-refractivity contribution < 1.29 is 14.2 Å². The number of nitrogens with zero attached hydrogens (tertiary/aromatic N) is 1. The summed E-state index contributed by atoms with van der Waals surface area (Å²) >= 11 is 0. The normalized spacial score (nSPS) is 28.0. The number of hydrogen-bond acceptors (Lipinski definition) is 4. The van der Waals surface area contributed by atoms with Gasteiger partial charge in [0.05, 0.1) is 6.61 Å². The maximum atomic E-state index is 5.88. The summed E-state index contributed by atoms with van der Waals surface area (Å²) in [7, 11) is 2.24. The van der Waals surface area contributed by atoms with E-state index in [0.29, 0.717) is 24.7 Å². The summed E-state index contributed by atoms with van der Waals surface area (Å²) < 4.78 is 17.3. The van der Waals surface area contributed by atoms with Crippen LogP contribution in [-0.4, -0.2) is 25.3 Å². The van der Waals surface area contributed by atoms with Crippen molar-refractivity contribution >= 4 is 0 Å². The number of benzene rings is 2. The average Bonchev–Trinajstić information content (AvgIpc) is 3.28. The largest absolute Gasteiger partial charge is 0.493 e. The second-order valence-corrected chi connectivity index (χ2v) is 8.19. The Kier molecular flexibility index (Phi) is 2.96. The zero-order valence-electron chi connectivity index (χ0n) is 15.2. The van der Waals surface area contributed by atoms with Gasteiger partial charge in [-0.1, -0.05) is 19.1 Å². The maximum absolute atomic E-state index is 5.88. The third-order valence-corrected chi connectivity index (χ3v) is 6.68. The Labute approximate surface area is 153 Å². The van der Waals surface area contributed by atoms with E-state index < -0.39 is 0 Å². The lowest BCUT2D eigenvalue weighted by Crippen LogP contribution is -2.40. The zero-order chi connectivity index (χ0) is 17.4. The van der Waals surface area contributed by atoms with Crippen LogP contribution >= 0.6 is 0 Å². The fraction of sp³-hybridized carbons (Fsp3) is 0.455.